The molecule has 0 N–H and O–H groups in total. The van der Waals surface area contributed by atoms with E-state index in [2.05, 4.69) is 33.1 Å². The molecule has 1 atom stereocenters. The van der Waals surface area contributed by atoms with Crippen LogP contribution in [0.3, 0.4) is 0 Å². The molecule has 0 bridgehead atoms. The summed E-state index contributed by atoms with van der Waals surface area (Å²) < 4.78 is 2.24. The van der Waals surface area contributed by atoms with Crippen LogP contribution in [0.4, 0.5) is 0 Å². The van der Waals surface area contributed by atoms with Crippen molar-refractivity contribution in [1.82, 2.24) is 19.7 Å². The zero-order valence-corrected chi connectivity index (χ0v) is 15.5. The third kappa shape index (κ3) is 3.37. The largest absolute Gasteiger partial charge is 0.342 e. The van der Waals surface area contributed by atoms with E-state index in [4.69, 9.17) is 0 Å². The SMILES string of the molecule is C[C@H]1CCCN(C(=O)CSc2nnc(-c3cccs3)n2C2CC2)C1. The van der Waals surface area contributed by atoms with Gasteiger partial charge in [-0.15, -0.1) is 21.5 Å². The van der Waals surface area contributed by atoms with Crippen LogP contribution in [0.5, 0.6) is 0 Å². The van der Waals surface area contributed by atoms with Crippen LogP contribution in [0, 0.1) is 5.92 Å². The quantitative estimate of drug-likeness (QED) is 0.761. The summed E-state index contributed by atoms with van der Waals surface area (Å²) in [4.78, 5) is 15.7. The lowest BCUT2D eigenvalue weighted by molar-refractivity contribution is -0.130. The lowest BCUT2D eigenvalue weighted by Crippen LogP contribution is -2.40. The molecule has 2 fully saturated rings. The molecular formula is C17H22N4OS2. The minimum absolute atomic E-state index is 0.231. The number of rotatable bonds is 5. The summed E-state index contributed by atoms with van der Waals surface area (Å²) in [7, 11) is 0. The Kier molecular flexibility index (Phi) is 4.63. The molecule has 24 heavy (non-hydrogen) atoms. The van der Waals surface area contributed by atoms with E-state index in [1.807, 2.05) is 11.0 Å². The number of piperidine rings is 1. The number of hydrogen-bond donors (Lipinski definition) is 0. The molecule has 1 aliphatic heterocycles. The van der Waals surface area contributed by atoms with Crippen molar-refractivity contribution in [2.24, 2.45) is 5.92 Å². The van der Waals surface area contributed by atoms with Gasteiger partial charge in [-0.3, -0.25) is 9.36 Å². The van der Waals surface area contributed by atoms with E-state index in [9.17, 15) is 4.79 Å². The van der Waals surface area contributed by atoms with Crippen molar-refractivity contribution in [1.29, 1.82) is 0 Å². The fourth-order valence-electron chi connectivity index (χ4n) is 3.24. The van der Waals surface area contributed by atoms with E-state index >= 15 is 0 Å². The van der Waals surface area contributed by atoms with Gasteiger partial charge < -0.3 is 4.90 Å². The highest BCUT2D eigenvalue weighted by Crippen LogP contribution is 2.41. The van der Waals surface area contributed by atoms with Crippen LogP contribution >= 0.6 is 23.1 Å². The van der Waals surface area contributed by atoms with Crippen LogP contribution < -0.4 is 0 Å². The number of aromatic nitrogens is 3. The molecule has 3 heterocycles. The summed E-state index contributed by atoms with van der Waals surface area (Å²) >= 11 is 3.23. The molecule has 0 aromatic carbocycles. The van der Waals surface area contributed by atoms with Gasteiger partial charge in [-0.2, -0.15) is 0 Å². The Labute approximate surface area is 150 Å². The van der Waals surface area contributed by atoms with Crippen molar-refractivity contribution in [3.05, 3.63) is 17.5 Å². The van der Waals surface area contributed by atoms with Gasteiger partial charge in [0.15, 0.2) is 11.0 Å². The number of hydrogen-bond acceptors (Lipinski definition) is 5. The molecule has 1 saturated carbocycles. The van der Waals surface area contributed by atoms with E-state index < -0.39 is 0 Å². The van der Waals surface area contributed by atoms with Crippen LogP contribution in [0.1, 0.15) is 38.6 Å². The molecule has 4 rings (SSSR count). The highest BCUT2D eigenvalue weighted by molar-refractivity contribution is 7.99. The number of nitrogens with zero attached hydrogens (tertiary/aromatic N) is 4. The maximum absolute atomic E-state index is 12.5. The first-order valence-electron chi connectivity index (χ1n) is 8.61. The third-order valence-electron chi connectivity index (χ3n) is 4.65. The summed E-state index contributed by atoms with van der Waals surface area (Å²) in [6.45, 7) is 4.03. The molecule has 7 heteroatoms. The smallest absolute Gasteiger partial charge is 0.233 e. The number of amides is 1. The fraction of sp³-hybridized carbons (Fsp3) is 0.588. The number of likely N-dealkylation sites (tertiary alicyclic amines) is 1. The summed E-state index contributed by atoms with van der Waals surface area (Å²) in [6, 6.07) is 4.63. The summed E-state index contributed by atoms with van der Waals surface area (Å²) in [6.07, 6.45) is 4.72. The van der Waals surface area contributed by atoms with Gasteiger partial charge >= 0.3 is 0 Å². The van der Waals surface area contributed by atoms with E-state index in [-0.39, 0.29) is 5.91 Å². The zero-order chi connectivity index (χ0) is 16.5. The van der Waals surface area contributed by atoms with Crippen LogP contribution in [0.15, 0.2) is 22.7 Å². The summed E-state index contributed by atoms with van der Waals surface area (Å²) in [5.41, 5.74) is 0. The van der Waals surface area contributed by atoms with Crippen LogP contribution in [0.2, 0.25) is 0 Å². The first-order valence-corrected chi connectivity index (χ1v) is 10.5. The molecule has 1 aliphatic carbocycles. The molecule has 0 spiro atoms. The maximum atomic E-state index is 12.5. The van der Waals surface area contributed by atoms with Crippen molar-refractivity contribution in [3.8, 4) is 10.7 Å². The van der Waals surface area contributed by atoms with E-state index in [0.717, 1.165) is 35.4 Å². The predicted molar refractivity (Wildman–Crippen MR) is 97.3 cm³/mol. The number of thiophene rings is 1. The van der Waals surface area contributed by atoms with Crippen molar-refractivity contribution in [3.63, 3.8) is 0 Å². The molecule has 1 amide bonds. The predicted octanol–water partition coefficient (Wildman–Crippen LogP) is 3.69. The topological polar surface area (TPSA) is 51.0 Å². The molecule has 2 aromatic rings. The molecule has 128 valence electrons. The Morgan fingerprint density at radius 1 is 1.38 bits per heavy atom. The van der Waals surface area contributed by atoms with Crippen molar-refractivity contribution >= 4 is 29.0 Å². The Bertz CT molecular complexity index is 708. The monoisotopic (exact) mass is 362 g/mol. The number of thioether (sulfide) groups is 1. The highest BCUT2D eigenvalue weighted by Gasteiger charge is 2.31. The van der Waals surface area contributed by atoms with Gasteiger partial charge in [0.1, 0.15) is 0 Å². The second kappa shape index (κ2) is 6.88. The standard InChI is InChI=1S/C17H22N4OS2/c1-12-4-2-8-20(10-12)15(22)11-24-17-19-18-16(14-5-3-9-23-14)21(17)13-6-7-13/h3,5,9,12-13H,2,4,6-8,10-11H2,1H3/t12-/m0/s1. The molecule has 1 saturated heterocycles. The highest BCUT2D eigenvalue weighted by atomic mass is 32.2. The van der Waals surface area contributed by atoms with Gasteiger partial charge in [0.25, 0.3) is 0 Å². The van der Waals surface area contributed by atoms with Gasteiger partial charge in [-0.25, -0.2) is 0 Å². The van der Waals surface area contributed by atoms with Gasteiger partial charge in [0, 0.05) is 19.1 Å². The average Bonchev–Trinajstić information content (AvgIpc) is 3.11. The number of carbonyl (C=O) groups is 1. The summed E-state index contributed by atoms with van der Waals surface area (Å²) in [5, 5.41) is 11.7. The number of carbonyl (C=O) groups excluding carboxylic acids is 1. The normalized spacial score (nSPS) is 21.2. The molecule has 2 aromatic heterocycles. The molecule has 0 radical (unpaired) electrons. The Morgan fingerprint density at radius 3 is 2.96 bits per heavy atom. The van der Waals surface area contributed by atoms with Crippen molar-refractivity contribution in [2.75, 3.05) is 18.8 Å². The second-order valence-corrected chi connectivity index (χ2v) is 8.65. The van der Waals surface area contributed by atoms with Crippen molar-refractivity contribution < 1.29 is 4.79 Å². The van der Waals surface area contributed by atoms with Gasteiger partial charge in [0.2, 0.25) is 5.91 Å². The molecular weight excluding hydrogens is 340 g/mol. The van der Waals surface area contributed by atoms with Crippen LogP contribution in [0.25, 0.3) is 10.7 Å². The Balaban J connectivity index is 1.46. The minimum atomic E-state index is 0.231. The molecule has 5 nitrogen and oxygen atoms in total. The lowest BCUT2D eigenvalue weighted by Gasteiger charge is -2.30. The summed E-state index contributed by atoms with van der Waals surface area (Å²) in [5.74, 6) is 2.26. The maximum Gasteiger partial charge on any atom is 0.233 e. The van der Waals surface area contributed by atoms with Gasteiger partial charge in [-0.05, 0) is 43.0 Å². The first-order chi connectivity index (χ1) is 11.7. The molecule has 0 unspecified atom stereocenters. The van der Waals surface area contributed by atoms with E-state index in [1.54, 1.807) is 11.3 Å². The van der Waals surface area contributed by atoms with E-state index in [1.165, 1.54) is 31.0 Å². The third-order valence-corrected chi connectivity index (χ3v) is 6.45. The van der Waals surface area contributed by atoms with Crippen molar-refractivity contribution in [2.45, 2.75) is 43.8 Å². The molecule has 2 aliphatic rings. The Hall–Kier alpha value is -1.34. The minimum Gasteiger partial charge on any atom is -0.342 e. The second-order valence-electron chi connectivity index (χ2n) is 6.76. The van der Waals surface area contributed by atoms with Crippen LogP contribution in [-0.2, 0) is 4.79 Å². The zero-order valence-electron chi connectivity index (χ0n) is 13.9. The van der Waals surface area contributed by atoms with Gasteiger partial charge in [-0.1, -0.05) is 24.8 Å². The lowest BCUT2D eigenvalue weighted by atomic mass is 10.0. The van der Waals surface area contributed by atoms with Gasteiger partial charge in [0.05, 0.1) is 10.6 Å². The first kappa shape index (κ1) is 16.1. The average molecular weight is 363 g/mol. The fourth-order valence-corrected chi connectivity index (χ4v) is 4.86. The Morgan fingerprint density at radius 2 is 2.25 bits per heavy atom. The van der Waals surface area contributed by atoms with E-state index in [0.29, 0.717) is 17.7 Å². The van der Waals surface area contributed by atoms with Crippen LogP contribution in [-0.4, -0.2) is 44.4 Å².